The number of nitrogens with one attached hydrogen (secondary N) is 1. The van der Waals surface area contributed by atoms with Crippen LogP contribution in [0.4, 0.5) is 0 Å². The lowest BCUT2D eigenvalue weighted by Gasteiger charge is -2.12. The molecule has 7 nitrogen and oxygen atoms in total. The molecule has 0 aliphatic carbocycles. The second-order valence-corrected chi connectivity index (χ2v) is 3.66. The first-order valence-corrected chi connectivity index (χ1v) is 5.06. The van der Waals surface area contributed by atoms with Gasteiger partial charge in [-0.25, -0.2) is 9.78 Å². The molecule has 0 aromatic carbocycles. The van der Waals surface area contributed by atoms with Crippen molar-refractivity contribution in [3.05, 3.63) is 18.2 Å². The Labute approximate surface area is 98.4 Å². The highest BCUT2D eigenvalue weighted by Crippen LogP contribution is 1.96. The number of hydrogen-bond donors (Lipinski definition) is 2. The lowest BCUT2D eigenvalue weighted by atomic mass is 10.3. The minimum atomic E-state index is -1.11. The molecule has 94 valence electrons. The third kappa shape index (κ3) is 4.23. The SMILES string of the molecule is COCC(C)NC(=O)Cn1cnc(C(=O)O)c1. The summed E-state index contributed by atoms with van der Waals surface area (Å²) in [5.74, 6) is -1.33. The number of hydrogen-bond acceptors (Lipinski definition) is 4. The van der Waals surface area contributed by atoms with E-state index >= 15 is 0 Å². The number of carboxylic acids is 1. The van der Waals surface area contributed by atoms with E-state index in [1.54, 1.807) is 7.11 Å². The second-order valence-electron chi connectivity index (χ2n) is 3.66. The highest BCUT2D eigenvalue weighted by molar-refractivity contribution is 5.85. The molecule has 0 saturated carbocycles. The number of imidazole rings is 1. The summed E-state index contributed by atoms with van der Waals surface area (Å²) in [7, 11) is 1.55. The predicted molar refractivity (Wildman–Crippen MR) is 58.7 cm³/mol. The van der Waals surface area contributed by atoms with Crippen molar-refractivity contribution in [3.63, 3.8) is 0 Å². The number of methoxy groups -OCH3 is 1. The van der Waals surface area contributed by atoms with Gasteiger partial charge in [0.05, 0.1) is 12.9 Å². The van der Waals surface area contributed by atoms with E-state index in [-0.39, 0.29) is 24.2 Å². The molecular weight excluding hydrogens is 226 g/mol. The zero-order valence-electron chi connectivity index (χ0n) is 9.71. The molecule has 1 heterocycles. The molecule has 0 bridgehead atoms. The van der Waals surface area contributed by atoms with Crippen molar-refractivity contribution in [2.45, 2.75) is 19.5 Å². The van der Waals surface area contributed by atoms with Gasteiger partial charge >= 0.3 is 5.97 Å². The molecule has 1 aromatic heterocycles. The first kappa shape index (κ1) is 13.2. The Balaban J connectivity index is 2.47. The van der Waals surface area contributed by atoms with Crippen LogP contribution in [0, 0.1) is 0 Å². The Morgan fingerprint density at radius 1 is 1.65 bits per heavy atom. The molecule has 0 saturated heterocycles. The number of carbonyl (C=O) groups excluding carboxylic acids is 1. The van der Waals surface area contributed by atoms with E-state index in [1.165, 1.54) is 17.1 Å². The summed E-state index contributed by atoms with van der Waals surface area (Å²) in [6, 6.07) is -0.0880. The minimum absolute atomic E-state index is 0.0360. The summed E-state index contributed by atoms with van der Waals surface area (Å²) in [4.78, 5) is 25.7. The molecule has 0 aliphatic heterocycles. The topological polar surface area (TPSA) is 93.5 Å². The number of aromatic carboxylic acids is 1. The summed E-state index contributed by atoms with van der Waals surface area (Å²) < 4.78 is 6.29. The molecule has 1 aromatic rings. The van der Waals surface area contributed by atoms with Crippen molar-refractivity contribution in [2.75, 3.05) is 13.7 Å². The van der Waals surface area contributed by atoms with Crippen LogP contribution in [0.15, 0.2) is 12.5 Å². The van der Waals surface area contributed by atoms with Crippen molar-refractivity contribution in [1.29, 1.82) is 0 Å². The lowest BCUT2D eigenvalue weighted by Crippen LogP contribution is -2.37. The van der Waals surface area contributed by atoms with Gasteiger partial charge in [0.1, 0.15) is 6.54 Å². The summed E-state index contributed by atoms with van der Waals surface area (Å²) >= 11 is 0. The number of ether oxygens (including phenoxy) is 1. The Morgan fingerprint density at radius 3 is 2.88 bits per heavy atom. The van der Waals surface area contributed by atoms with E-state index in [2.05, 4.69) is 10.3 Å². The summed E-state index contributed by atoms with van der Waals surface area (Å²) in [6.45, 7) is 2.28. The smallest absolute Gasteiger partial charge is 0.356 e. The zero-order valence-corrected chi connectivity index (χ0v) is 9.71. The number of rotatable bonds is 6. The van der Waals surface area contributed by atoms with Gasteiger partial charge in [0, 0.05) is 19.3 Å². The van der Waals surface area contributed by atoms with Gasteiger partial charge < -0.3 is 19.7 Å². The first-order chi connectivity index (χ1) is 8.02. The van der Waals surface area contributed by atoms with Crippen LogP contribution in [0.25, 0.3) is 0 Å². The summed E-state index contributed by atoms with van der Waals surface area (Å²) in [5.41, 5.74) is -0.0808. The van der Waals surface area contributed by atoms with Gasteiger partial charge in [-0.05, 0) is 6.92 Å². The van der Waals surface area contributed by atoms with Crippen LogP contribution in [0.5, 0.6) is 0 Å². The van der Waals surface area contributed by atoms with Crippen LogP contribution in [-0.2, 0) is 16.1 Å². The fraction of sp³-hybridized carbons (Fsp3) is 0.500. The molecule has 2 N–H and O–H groups in total. The monoisotopic (exact) mass is 241 g/mol. The van der Waals surface area contributed by atoms with Crippen LogP contribution in [-0.4, -0.2) is 46.3 Å². The van der Waals surface area contributed by atoms with Crippen LogP contribution in [0.1, 0.15) is 17.4 Å². The highest BCUT2D eigenvalue weighted by atomic mass is 16.5. The molecular formula is C10H15N3O4. The van der Waals surface area contributed by atoms with Gasteiger partial charge in [-0.2, -0.15) is 0 Å². The van der Waals surface area contributed by atoms with Crippen molar-refractivity contribution in [1.82, 2.24) is 14.9 Å². The number of aromatic nitrogens is 2. The maximum Gasteiger partial charge on any atom is 0.356 e. The largest absolute Gasteiger partial charge is 0.476 e. The minimum Gasteiger partial charge on any atom is -0.476 e. The quantitative estimate of drug-likeness (QED) is 0.715. The molecule has 0 spiro atoms. The zero-order chi connectivity index (χ0) is 12.8. The third-order valence-corrected chi connectivity index (χ3v) is 2.00. The maximum atomic E-state index is 11.5. The number of carboxylic acid groups (broad SMARTS) is 1. The van der Waals surface area contributed by atoms with E-state index in [0.717, 1.165) is 0 Å². The number of carbonyl (C=O) groups is 2. The Bertz CT molecular complexity index is 402. The van der Waals surface area contributed by atoms with Gasteiger partial charge in [-0.3, -0.25) is 4.79 Å². The van der Waals surface area contributed by atoms with Crippen LogP contribution in [0.3, 0.4) is 0 Å². The lowest BCUT2D eigenvalue weighted by molar-refractivity contribution is -0.122. The molecule has 7 heteroatoms. The van der Waals surface area contributed by atoms with E-state index in [1.807, 2.05) is 6.92 Å². The van der Waals surface area contributed by atoms with E-state index < -0.39 is 5.97 Å². The van der Waals surface area contributed by atoms with Gasteiger partial charge in [-0.15, -0.1) is 0 Å². The Hall–Kier alpha value is -1.89. The average Bonchev–Trinajstić information content (AvgIpc) is 2.66. The first-order valence-electron chi connectivity index (χ1n) is 5.06. The van der Waals surface area contributed by atoms with Crippen molar-refractivity contribution in [2.24, 2.45) is 0 Å². The molecule has 17 heavy (non-hydrogen) atoms. The summed E-state index contributed by atoms with van der Waals surface area (Å²) in [6.07, 6.45) is 2.62. The van der Waals surface area contributed by atoms with E-state index in [0.29, 0.717) is 6.61 Å². The molecule has 0 radical (unpaired) electrons. The van der Waals surface area contributed by atoms with Gasteiger partial charge in [0.15, 0.2) is 5.69 Å². The standard InChI is InChI=1S/C10H15N3O4/c1-7(5-17-2)12-9(14)4-13-3-8(10(15)16)11-6-13/h3,6-7H,4-5H2,1-2H3,(H,12,14)(H,15,16). The molecule has 1 amide bonds. The molecule has 1 rings (SSSR count). The number of nitrogens with zero attached hydrogens (tertiary/aromatic N) is 2. The van der Waals surface area contributed by atoms with Crippen LogP contribution in [0.2, 0.25) is 0 Å². The van der Waals surface area contributed by atoms with E-state index in [9.17, 15) is 9.59 Å². The van der Waals surface area contributed by atoms with Crippen LogP contribution >= 0.6 is 0 Å². The third-order valence-electron chi connectivity index (χ3n) is 2.00. The fourth-order valence-electron chi connectivity index (χ4n) is 1.33. The Kier molecular flexibility index (Phi) is 4.65. The van der Waals surface area contributed by atoms with E-state index in [4.69, 9.17) is 9.84 Å². The predicted octanol–water partition coefficient (Wildman–Crippen LogP) is -0.268. The van der Waals surface area contributed by atoms with Crippen molar-refractivity contribution in [3.8, 4) is 0 Å². The normalized spacial score (nSPS) is 12.1. The fourth-order valence-corrected chi connectivity index (χ4v) is 1.33. The maximum absolute atomic E-state index is 11.5. The Morgan fingerprint density at radius 2 is 2.35 bits per heavy atom. The van der Waals surface area contributed by atoms with Gasteiger partial charge in [0.25, 0.3) is 0 Å². The van der Waals surface area contributed by atoms with Crippen molar-refractivity contribution < 1.29 is 19.4 Å². The molecule has 0 aliphatic rings. The van der Waals surface area contributed by atoms with Crippen LogP contribution < -0.4 is 5.32 Å². The molecule has 0 fully saturated rings. The van der Waals surface area contributed by atoms with Gasteiger partial charge in [-0.1, -0.05) is 0 Å². The average molecular weight is 241 g/mol. The highest BCUT2D eigenvalue weighted by Gasteiger charge is 2.10. The summed E-state index contributed by atoms with van der Waals surface area (Å²) in [5, 5.41) is 11.4. The second kappa shape index (κ2) is 6.00. The number of amides is 1. The molecule has 1 atom stereocenters. The van der Waals surface area contributed by atoms with Crippen molar-refractivity contribution >= 4 is 11.9 Å². The van der Waals surface area contributed by atoms with Gasteiger partial charge in [0.2, 0.25) is 5.91 Å². The molecule has 1 unspecified atom stereocenters.